The molecule has 4 nitrogen and oxygen atoms in total. The van der Waals surface area contributed by atoms with Crippen molar-refractivity contribution in [2.75, 3.05) is 6.61 Å². The lowest BCUT2D eigenvalue weighted by Gasteiger charge is -2.13. The third-order valence-electron chi connectivity index (χ3n) is 3.16. The Balaban J connectivity index is 2.16. The van der Waals surface area contributed by atoms with Crippen LogP contribution in [-0.2, 0) is 10.0 Å². The van der Waals surface area contributed by atoms with Gasteiger partial charge in [-0.15, -0.1) is 0 Å². The minimum Gasteiger partial charge on any atom is -0.492 e. The van der Waals surface area contributed by atoms with Gasteiger partial charge in [0.15, 0.2) is 0 Å². The molecule has 0 spiro atoms. The van der Waals surface area contributed by atoms with E-state index in [2.05, 4.69) is 0 Å². The van der Waals surface area contributed by atoms with Crippen molar-refractivity contribution in [2.45, 2.75) is 30.6 Å². The molecule has 1 aliphatic carbocycles. The highest BCUT2D eigenvalue weighted by atomic mass is 32.2. The Morgan fingerprint density at radius 2 is 2.00 bits per heavy atom. The van der Waals surface area contributed by atoms with Crippen LogP contribution in [0.25, 0.3) is 0 Å². The molecule has 0 atom stereocenters. The van der Waals surface area contributed by atoms with E-state index >= 15 is 0 Å². The zero-order chi connectivity index (χ0) is 13.2. The number of ether oxygens (including phenoxy) is 1. The summed E-state index contributed by atoms with van der Waals surface area (Å²) in [5, 5.41) is 5.04. The molecule has 18 heavy (non-hydrogen) atoms. The van der Waals surface area contributed by atoms with Gasteiger partial charge in [-0.3, -0.25) is 0 Å². The fourth-order valence-corrected chi connectivity index (χ4v) is 2.89. The van der Waals surface area contributed by atoms with Crippen LogP contribution in [0.5, 0.6) is 5.75 Å². The first kappa shape index (κ1) is 13.3. The molecular formula is C12H16FNO3S. The number of primary sulfonamides is 1. The maximum absolute atomic E-state index is 13.0. The third kappa shape index (κ3) is 3.20. The maximum Gasteiger partial charge on any atom is 0.241 e. The molecule has 1 aliphatic rings. The summed E-state index contributed by atoms with van der Waals surface area (Å²) in [7, 11) is -3.97. The van der Waals surface area contributed by atoms with Gasteiger partial charge in [0.1, 0.15) is 16.5 Å². The van der Waals surface area contributed by atoms with E-state index in [1.807, 2.05) is 0 Å². The first-order valence-corrected chi connectivity index (χ1v) is 7.46. The Kier molecular flexibility index (Phi) is 3.87. The van der Waals surface area contributed by atoms with Gasteiger partial charge < -0.3 is 4.74 Å². The maximum atomic E-state index is 13.0. The third-order valence-corrected chi connectivity index (χ3v) is 4.09. The minimum absolute atomic E-state index is 0.130. The minimum atomic E-state index is -3.97. The van der Waals surface area contributed by atoms with Gasteiger partial charge in [-0.2, -0.15) is 0 Å². The van der Waals surface area contributed by atoms with Crippen LogP contribution in [0, 0.1) is 11.7 Å². The van der Waals surface area contributed by atoms with Crippen molar-refractivity contribution in [2.24, 2.45) is 11.1 Å². The van der Waals surface area contributed by atoms with Crippen molar-refractivity contribution in [1.29, 1.82) is 0 Å². The summed E-state index contributed by atoms with van der Waals surface area (Å²) in [4.78, 5) is -0.291. The Bertz CT molecular complexity index is 524. The topological polar surface area (TPSA) is 69.4 Å². The van der Waals surface area contributed by atoms with Crippen molar-refractivity contribution in [3.63, 3.8) is 0 Å². The molecule has 100 valence electrons. The zero-order valence-corrected chi connectivity index (χ0v) is 10.7. The van der Waals surface area contributed by atoms with Crippen molar-refractivity contribution < 1.29 is 17.5 Å². The number of benzene rings is 1. The SMILES string of the molecule is NS(=O)(=O)c1cc(F)ccc1OCC1CCCC1. The summed E-state index contributed by atoms with van der Waals surface area (Å²) < 4.78 is 41.2. The van der Waals surface area contributed by atoms with E-state index in [4.69, 9.17) is 9.88 Å². The second kappa shape index (κ2) is 5.24. The van der Waals surface area contributed by atoms with Crippen LogP contribution in [0.4, 0.5) is 4.39 Å². The number of sulfonamides is 1. The molecule has 6 heteroatoms. The standard InChI is InChI=1S/C12H16FNO3S/c13-10-5-6-11(12(7-10)18(14,15)16)17-8-9-3-1-2-4-9/h5-7,9H,1-4,8H2,(H2,14,15,16). The second-order valence-corrected chi connectivity index (χ2v) is 6.13. The fraction of sp³-hybridized carbons (Fsp3) is 0.500. The molecule has 1 saturated carbocycles. The van der Waals surface area contributed by atoms with Crippen LogP contribution in [0.3, 0.4) is 0 Å². The molecule has 2 N–H and O–H groups in total. The Morgan fingerprint density at radius 1 is 1.33 bits per heavy atom. The highest BCUT2D eigenvalue weighted by Crippen LogP contribution is 2.28. The number of rotatable bonds is 4. The van der Waals surface area contributed by atoms with Crippen molar-refractivity contribution >= 4 is 10.0 Å². The number of hydrogen-bond donors (Lipinski definition) is 1. The quantitative estimate of drug-likeness (QED) is 0.912. The highest BCUT2D eigenvalue weighted by molar-refractivity contribution is 7.89. The number of halogens is 1. The summed E-state index contributed by atoms with van der Waals surface area (Å²) >= 11 is 0. The Labute approximate surface area is 106 Å². The van der Waals surface area contributed by atoms with E-state index in [-0.39, 0.29) is 10.6 Å². The molecule has 0 radical (unpaired) electrons. The van der Waals surface area contributed by atoms with Crippen molar-refractivity contribution in [3.8, 4) is 5.75 Å². The van der Waals surface area contributed by atoms with Crippen LogP contribution in [-0.4, -0.2) is 15.0 Å². The van der Waals surface area contributed by atoms with E-state index in [9.17, 15) is 12.8 Å². The van der Waals surface area contributed by atoms with Gasteiger partial charge in [0.05, 0.1) is 6.61 Å². The molecular weight excluding hydrogens is 257 g/mol. The Hall–Kier alpha value is -1.14. The number of nitrogens with two attached hydrogens (primary N) is 1. The summed E-state index contributed by atoms with van der Waals surface area (Å²) in [5.41, 5.74) is 0. The van der Waals surface area contributed by atoms with E-state index < -0.39 is 15.8 Å². The average Bonchev–Trinajstić information content (AvgIpc) is 2.79. The summed E-state index contributed by atoms with van der Waals surface area (Å²) in [6, 6.07) is 3.36. The normalized spacial score (nSPS) is 17.0. The molecule has 0 saturated heterocycles. The largest absolute Gasteiger partial charge is 0.492 e. The van der Waals surface area contributed by atoms with Gasteiger partial charge in [0.2, 0.25) is 10.0 Å². The van der Waals surface area contributed by atoms with Crippen LogP contribution in [0.1, 0.15) is 25.7 Å². The first-order chi connectivity index (χ1) is 8.47. The van der Waals surface area contributed by atoms with Gasteiger partial charge in [0, 0.05) is 0 Å². The van der Waals surface area contributed by atoms with Gasteiger partial charge in [-0.25, -0.2) is 17.9 Å². The molecule has 0 aliphatic heterocycles. The van der Waals surface area contributed by atoms with Crippen molar-refractivity contribution in [3.05, 3.63) is 24.0 Å². The summed E-state index contributed by atoms with van der Waals surface area (Å²) in [6.07, 6.45) is 4.54. The van der Waals surface area contributed by atoms with Crippen LogP contribution < -0.4 is 9.88 Å². The fourth-order valence-electron chi connectivity index (χ4n) is 2.21. The lowest BCUT2D eigenvalue weighted by Crippen LogP contribution is -2.16. The predicted molar refractivity (Wildman–Crippen MR) is 65.2 cm³/mol. The lowest BCUT2D eigenvalue weighted by atomic mass is 10.1. The molecule has 1 aromatic rings. The molecule has 0 amide bonds. The molecule has 0 aromatic heterocycles. The monoisotopic (exact) mass is 273 g/mol. The lowest BCUT2D eigenvalue weighted by molar-refractivity contribution is 0.246. The van der Waals surface area contributed by atoms with E-state index in [1.165, 1.54) is 25.0 Å². The van der Waals surface area contributed by atoms with Crippen LogP contribution in [0.15, 0.2) is 23.1 Å². The summed E-state index contributed by atoms with van der Waals surface area (Å²) in [5.74, 6) is -0.0681. The van der Waals surface area contributed by atoms with Crippen molar-refractivity contribution in [1.82, 2.24) is 0 Å². The van der Waals surface area contributed by atoms with E-state index in [0.717, 1.165) is 18.9 Å². The molecule has 0 bridgehead atoms. The molecule has 1 fully saturated rings. The van der Waals surface area contributed by atoms with E-state index in [0.29, 0.717) is 12.5 Å². The zero-order valence-electron chi connectivity index (χ0n) is 9.93. The van der Waals surface area contributed by atoms with Gasteiger partial charge >= 0.3 is 0 Å². The first-order valence-electron chi connectivity index (χ1n) is 5.92. The van der Waals surface area contributed by atoms with Gasteiger partial charge in [-0.1, -0.05) is 12.8 Å². The smallest absolute Gasteiger partial charge is 0.241 e. The molecule has 0 heterocycles. The average molecular weight is 273 g/mol. The Morgan fingerprint density at radius 3 is 2.61 bits per heavy atom. The molecule has 1 aromatic carbocycles. The molecule has 0 unspecified atom stereocenters. The summed E-state index contributed by atoms with van der Waals surface area (Å²) in [6.45, 7) is 0.453. The van der Waals surface area contributed by atoms with Gasteiger partial charge in [-0.05, 0) is 37.0 Å². The predicted octanol–water partition coefficient (Wildman–Crippen LogP) is 2.04. The van der Waals surface area contributed by atoms with Gasteiger partial charge in [0.25, 0.3) is 0 Å². The second-order valence-electron chi connectivity index (χ2n) is 4.60. The van der Waals surface area contributed by atoms with E-state index in [1.54, 1.807) is 0 Å². The van der Waals surface area contributed by atoms with Crippen LogP contribution in [0.2, 0.25) is 0 Å². The number of hydrogen-bond acceptors (Lipinski definition) is 3. The highest BCUT2D eigenvalue weighted by Gasteiger charge is 2.19. The van der Waals surface area contributed by atoms with Crippen LogP contribution >= 0.6 is 0 Å². The molecule has 2 rings (SSSR count).